The van der Waals surface area contributed by atoms with Crippen LogP contribution in [0.4, 0.5) is 23.7 Å². The van der Waals surface area contributed by atoms with Crippen molar-refractivity contribution in [3.8, 4) is 0 Å². The zero-order valence-corrected chi connectivity index (χ0v) is 26.8. The summed E-state index contributed by atoms with van der Waals surface area (Å²) in [5.74, 6) is -6.87. The lowest BCUT2D eigenvalue weighted by Gasteiger charge is -2.32. The topological polar surface area (TPSA) is 147 Å². The van der Waals surface area contributed by atoms with Crippen LogP contribution in [0.3, 0.4) is 0 Å². The standard InChI is InChI=1S/C29H30ClF3N2O8S2/c1-17(35(26-14-21(32)8-12-24(26)33)45(41,42)22-9-5-19(30)6-10-22)23-11-7-20(31)13-18(23)15-44(39,40)16-25(27(36)37)34-28(38)43-29(2,3)4/h5-14,17,25H,15-16H2,1-4H3,(H,34,38)(H,36,37). The molecule has 16 heteroatoms. The lowest BCUT2D eigenvalue weighted by atomic mass is 10.0. The van der Waals surface area contributed by atoms with Gasteiger partial charge in [-0.25, -0.2) is 39.6 Å². The predicted molar refractivity (Wildman–Crippen MR) is 161 cm³/mol. The van der Waals surface area contributed by atoms with Gasteiger partial charge in [-0.05, 0) is 87.4 Å². The Hall–Kier alpha value is -3.82. The van der Waals surface area contributed by atoms with Gasteiger partial charge in [-0.3, -0.25) is 4.31 Å². The van der Waals surface area contributed by atoms with Gasteiger partial charge in [-0.1, -0.05) is 17.7 Å². The molecule has 1 amide bonds. The third kappa shape index (κ3) is 9.34. The minimum Gasteiger partial charge on any atom is -0.480 e. The SMILES string of the molecule is CC(c1ccc(F)cc1CS(=O)(=O)CC(NC(=O)OC(C)(C)C)C(=O)O)N(c1cc(F)ccc1F)S(=O)(=O)c1ccc(Cl)cc1. The molecule has 0 heterocycles. The Balaban J connectivity index is 2.08. The lowest BCUT2D eigenvalue weighted by molar-refractivity contribution is -0.138. The summed E-state index contributed by atoms with van der Waals surface area (Å²) in [4.78, 5) is 23.6. The van der Waals surface area contributed by atoms with Crippen molar-refractivity contribution in [1.82, 2.24) is 5.32 Å². The molecule has 2 N–H and O–H groups in total. The van der Waals surface area contributed by atoms with Crippen LogP contribution in [-0.4, -0.2) is 51.4 Å². The maximum atomic E-state index is 15.1. The third-order valence-electron chi connectivity index (χ3n) is 6.21. The molecule has 2 atom stereocenters. The number of aliphatic carboxylic acids is 1. The van der Waals surface area contributed by atoms with Crippen molar-refractivity contribution in [3.05, 3.63) is 94.3 Å². The number of alkyl carbamates (subject to hydrolysis) is 1. The maximum Gasteiger partial charge on any atom is 0.408 e. The van der Waals surface area contributed by atoms with Gasteiger partial charge in [0.2, 0.25) is 0 Å². The molecule has 0 spiro atoms. The smallest absolute Gasteiger partial charge is 0.408 e. The number of sulfonamides is 1. The van der Waals surface area contributed by atoms with Crippen molar-refractivity contribution in [2.45, 2.75) is 56.0 Å². The van der Waals surface area contributed by atoms with Crippen LogP contribution in [0.5, 0.6) is 0 Å². The van der Waals surface area contributed by atoms with E-state index in [1.807, 2.05) is 5.32 Å². The van der Waals surface area contributed by atoms with Crippen LogP contribution in [0.25, 0.3) is 0 Å². The molecule has 0 bridgehead atoms. The van der Waals surface area contributed by atoms with Gasteiger partial charge in [-0.2, -0.15) is 0 Å². The van der Waals surface area contributed by atoms with Gasteiger partial charge in [0.25, 0.3) is 10.0 Å². The molecule has 3 aromatic carbocycles. The molecule has 0 saturated carbocycles. The number of hydrogen-bond acceptors (Lipinski definition) is 7. The van der Waals surface area contributed by atoms with E-state index in [0.717, 1.165) is 36.4 Å². The number of carbonyl (C=O) groups excluding carboxylic acids is 1. The number of amides is 1. The number of halogens is 4. The summed E-state index contributed by atoms with van der Waals surface area (Å²) in [7, 11) is -9.17. The molecule has 0 aliphatic carbocycles. The van der Waals surface area contributed by atoms with Crippen LogP contribution in [0.1, 0.15) is 44.9 Å². The van der Waals surface area contributed by atoms with Gasteiger partial charge in [-0.15, -0.1) is 0 Å². The summed E-state index contributed by atoms with van der Waals surface area (Å²) in [6, 6.07) is 6.29. The van der Waals surface area contributed by atoms with Crippen molar-refractivity contribution < 1.29 is 49.4 Å². The fourth-order valence-electron chi connectivity index (χ4n) is 4.33. The van der Waals surface area contributed by atoms with Crippen molar-refractivity contribution in [2.24, 2.45) is 0 Å². The van der Waals surface area contributed by atoms with E-state index in [4.69, 9.17) is 16.3 Å². The molecule has 0 radical (unpaired) electrons. The van der Waals surface area contributed by atoms with Gasteiger partial charge in [0, 0.05) is 11.1 Å². The number of carboxylic acid groups (broad SMARTS) is 1. The molecular formula is C29H30ClF3N2O8S2. The minimum absolute atomic E-state index is 0.117. The molecule has 0 fully saturated rings. The first-order chi connectivity index (χ1) is 20.7. The molecule has 0 saturated heterocycles. The molecule has 0 aliphatic rings. The molecule has 45 heavy (non-hydrogen) atoms. The van der Waals surface area contributed by atoms with Crippen molar-refractivity contribution in [3.63, 3.8) is 0 Å². The lowest BCUT2D eigenvalue weighted by Crippen LogP contribution is -2.47. The van der Waals surface area contributed by atoms with Gasteiger partial charge in [0.05, 0.1) is 28.1 Å². The predicted octanol–water partition coefficient (Wildman–Crippen LogP) is 5.61. The summed E-state index contributed by atoms with van der Waals surface area (Å²) < 4.78 is 104. The number of carboxylic acids is 1. The molecule has 0 aliphatic heterocycles. The van der Waals surface area contributed by atoms with E-state index in [2.05, 4.69) is 0 Å². The van der Waals surface area contributed by atoms with E-state index < -0.39 is 84.3 Å². The first kappa shape index (κ1) is 35.7. The van der Waals surface area contributed by atoms with E-state index >= 15 is 4.39 Å². The first-order valence-electron chi connectivity index (χ1n) is 13.2. The first-order valence-corrected chi connectivity index (χ1v) is 16.8. The van der Waals surface area contributed by atoms with Crippen molar-refractivity contribution >= 4 is 49.2 Å². The Kier molecular flexibility index (Phi) is 10.8. The molecule has 0 aromatic heterocycles. The van der Waals surface area contributed by atoms with Crippen molar-refractivity contribution in [1.29, 1.82) is 0 Å². The summed E-state index contributed by atoms with van der Waals surface area (Å²) in [6.45, 7) is 5.79. The van der Waals surface area contributed by atoms with Crippen LogP contribution in [0.15, 0.2) is 65.6 Å². The maximum absolute atomic E-state index is 15.1. The second kappa shape index (κ2) is 13.7. The quantitative estimate of drug-likeness (QED) is 0.264. The number of carbonyl (C=O) groups is 2. The molecule has 3 rings (SSSR count). The summed E-state index contributed by atoms with van der Waals surface area (Å²) in [6.07, 6.45) is -1.19. The Labute approximate surface area is 263 Å². The van der Waals surface area contributed by atoms with E-state index in [-0.39, 0.29) is 21.0 Å². The van der Waals surface area contributed by atoms with Crippen LogP contribution < -0.4 is 9.62 Å². The van der Waals surface area contributed by atoms with Gasteiger partial charge in [0.15, 0.2) is 9.84 Å². The molecule has 10 nitrogen and oxygen atoms in total. The highest BCUT2D eigenvalue weighted by Crippen LogP contribution is 2.37. The highest BCUT2D eigenvalue weighted by molar-refractivity contribution is 7.92. The van der Waals surface area contributed by atoms with E-state index in [1.165, 1.54) is 39.8 Å². The van der Waals surface area contributed by atoms with Gasteiger partial charge < -0.3 is 15.2 Å². The fourth-order valence-corrected chi connectivity index (χ4v) is 7.67. The fraction of sp³-hybridized carbons (Fsp3) is 0.310. The normalized spacial score (nSPS) is 13.5. The number of nitrogens with zero attached hydrogens (tertiary/aromatic N) is 1. The number of sulfone groups is 1. The Morgan fingerprint density at radius 1 is 0.956 bits per heavy atom. The van der Waals surface area contributed by atoms with E-state index in [0.29, 0.717) is 16.4 Å². The molecular weight excluding hydrogens is 661 g/mol. The summed E-state index contributed by atoms with van der Waals surface area (Å²) in [5.41, 5.74) is -2.15. The second-order valence-corrected chi connectivity index (χ2v) is 15.3. The highest BCUT2D eigenvalue weighted by atomic mass is 35.5. The number of hydrogen-bond donors (Lipinski definition) is 2. The Morgan fingerprint density at radius 3 is 2.11 bits per heavy atom. The average molecular weight is 691 g/mol. The number of ether oxygens (including phenoxy) is 1. The summed E-state index contributed by atoms with van der Waals surface area (Å²) in [5, 5.41) is 11.7. The van der Waals surface area contributed by atoms with Crippen LogP contribution in [0.2, 0.25) is 5.02 Å². The zero-order chi connectivity index (χ0) is 33.9. The number of benzene rings is 3. The zero-order valence-electron chi connectivity index (χ0n) is 24.4. The largest absolute Gasteiger partial charge is 0.480 e. The highest BCUT2D eigenvalue weighted by Gasteiger charge is 2.35. The minimum atomic E-state index is -4.70. The molecule has 244 valence electrons. The third-order valence-corrected chi connectivity index (χ3v) is 9.95. The molecule has 3 aromatic rings. The average Bonchev–Trinajstić information content (AvgIpc) is 2.89. The van der Waals surface area contributed by atoms with Crippen LogP contribution >= 0.6 is 11.6 Å². The second-order valence-electron chi connectivity index (χ2n) is 11.0. The van der Waals surface area contributed by atoms with Gasteiger partial charge in [0.1, 0.15) is 29.1 Å². The van der Waals surface area contributed by atoms with E-state index in [1.54, 1.807) is 0 Å². The van der Waals surface area contributed by atoms with Crippen LogP contribution in [0, 0.1) is 17.5 Å². The number of rotatable bonds is 11. The van der Waals surface area contributed by atoms with E-state index in [9.17, 15) is 40.3 Å². The number of nitrogens with one attached hydrogen (secondary N) is 1. The monoisotopic (exact) mass is 690 g/mol. The Morgan fingerprint density at radius 2 is 1.53 bits per heavy atom. The van der Waals surface area contributed by atoms with Gasteiger partial charge >= 0.3 is 12.1 Å². The summed E-state index contributed by atoms with van der Waals surface area (Å²) >= 11 is 5.89. The number of anilines is 1. The molecule has 2 unspecified atom stereocenters. The Bertz CT molecular complexity index is 1800. The van der Waals surface area contributed by atoms with Crippen LogP contribution in [-0.2, 0) is 35.1 Å². The van der Waals surface area contributed by atoms with Crippen molar-refractivity contribution in [2.75, 3.05) is 10.1 Å².